The van der Waals surface area contributed by atoms with Crippen LogP contribution >= 0.6 is 0 Å². The summed E-state index contributed by atoms with van der Waals surface area (Å²) in [5, 5.41) is 6.51. The van der Waals surface area contributed by atoms with Crippen LogP contribution in [-0.4, -0.2) is 75.5 Å². The van der Waals surface area contributed by atoms with Crippen LogP contribution in [0.3, 0.4) is 0 Å². The number of nitrogens with zero attached hydrogens (tertiary/aromatic N) is 4. The molecule has 182 valence electrons. The lowest BCUT2D eigenvalue weighted by atomic mass is 9.91. The fourth-order valence-corrected chi connectivity index (χ4v) is 5.03. The van der Waals surface area contributed by atoms with E-state index >= 15 is 0 Å². The van der Waals surface area contributed by atoms with Gasteiger partial charge < -0.3 is 15.1 Å². The number of hydrogen-bond acceptors (Lipinski definition) is 4. The van der Waals surface area contributed by atoms with E-state index < -0.39 is 12.2 Å². The number of piperazine rings is 1. The smallest absolute Gasteiger partial charge is 0.334 e. The van der Waals surface area contributed by atoms with Crippen LogP contribution < -0.4 is 5.32 Å². The van der Waals surface area contributed by atoms with Crippen LogP contribution in [0.25, 0.3) is 0 Å². The first-order valence-electron chi connectivity index (χ1n) is 12.3. The largest absolute Gasteiger partial charge is 0.334 e. The molecule has 33 heavy (non-hydrogen) atoms. The van der Waals surface area contributed by atoms with Gasteiger partial charge in [-0.05, 0) is 24.3 Å². The minimum Gasteiger partial charge on any atom is -0.334 e. The second kappa shape index (κ2) is 11.0. The third kappa shape index (κ3) is 5.00. The van der Waals surface area contributed by atoms with E-state index in [2.05, 4.69) is 19.2 Å². The molecule has 1 aromatic rings. The van der Waals surface area contributed by atoms with Gasteiger partial charge in [0.15, 0.2) is 0 Å². The Hall–Kier alpha value is -2.61. The predicted octanol–water partition coefficient (Wildman–Crippen LogP) is 3.05. The summed E-state index contributed by atoms with van der Waals surface area (Å²) in [7, 11) is 0. The number of carbonyl (C=O) groups excluding carboxylic acids is 3. The lowest BCUT2D eigenvalue weighted by molar-refractivity contribution is -0.195. The molecule has 1 N–H and O–H groups in total. The maximum atomic E-state index is 13.6. The average Bonchev–Trinajstić information content (AvgIpc) is 2.83. The van der Waals surface area contributed by atoms with Gasteiger partial charge in [-0.1, -0.05) is 71.4 Å². The molecule has 4 amide bonds. The Bertz CT molecular complexity index is 829. The fourth-order valence-electron chi connectivity index (χ4n) is 5.03. The Labute approximate surface area is 197 Å². The molecule has 0 bridgehead atoms. The molecule has 1 unspecified atom stereocenters. The minimum absolute atomic E-state index is 0.00326. The van der Waals surface area contributed by atoms with Crippen LogP contribution in [0.4, 0.5) is 4.79 Å². The maximum absolute atomic E-state index is 13.6. The Morgan fingerprint density at radius 2 is 1.73 bits per heavy atom. The van der Waals surface area contributed by atoms with Crippen molar-refractivity contribution in [3.8, 4) is 0 Å². The van der Waals surface area contributed by atoms with Crippen LogP contribution in [0.5, 0.6) is 0 Å². The van der Waals surface area contributed by atoms with Gasteiger partial charge in [0.25, 0.3) is 0 Å². The second-order valence-electron chi connectivity index (χ2n) is 9.04. The quantitative estimate of drug-likeness (QED) is 0.651. The van der Waals surface area contributed by atoms with Crippen LogP contribution in [0.2, 0.25) is 0 Å². The van der Waals surface area contributed by atoms with Crippen LogP contribution in [0.15, 0.2) is 30.3 Å². The normalized spacial score (nSPS) is 22.5. The number of fused-ring (bicyclic) bond motifs is 1. The fraction of sp³-hybridized carbons (Fsp3) is 0.640. The third-order valence-electron chi connectivity index (χ3n) is 7.14. The van der Waals surface area contributed by atoms with Gasteiger partial charge in [0.2, 0.25) is 11.8 Å². The Morgan fingerprint density at radius 1 is 1.06 bits per heavy atom. The van der Waals surface area contributed by atoms with E-state index in [4.69, 9.17) is 0 Å². The molecule has 0 aliphatic carbocycles. The van der Waals surface area contributed by atoms with Crippen molar-refractivity contribution >= 4 is 17.8 Å². The predicted molar refractivity (Wildman–Crippen MR) is 128 cm³/mol. The van der Waals surface area contributed by atoms with E-state index in [1.54, 1.807) is 14.9 Å². The number of urea groups is 1. The zero-order valence-corrected chi connectivity index (χ0v) is 20.7. The van der Waals surface area contributed by atoms with Gasteiger partial charge in [-0.3, -0.25) is 9.59 Å². The van der Waals surface area contributed by atoms with Crippen molar-refractivity contribution in [3.63, 3.8) is 0 Å². The molecule has 2 heterocycles. The van der Waals surface area contributed by atoms with Crippen molar-refractivity contribution < 1.29 is 14.4 Å². The SMILES string of the molecule is CCC(C)[C@H]1C(=O)N(C(CC)CC)C[C@H]2N1C(=O)CN(CC)N2C(=O)NCc1ccccc1. The van der Waals surface area contributed by atoms with Gasteiger partial charge >= 0.3 is 6.03 Å². The molecular formula is C25H39N5O3. The highest BCUT2D eigenvalue weighted by atomic mass is 16.2. The van der Waals surface area contributed by atoms with Crippen LogP contribution in [-0.2, 0) is 16.1 Å². The zero-order valence-electron chi connectivity index (χ0n) is 20.7. The zero-order chi connectivity index (χ0) is 24.1. The number of hydrogen-bond donors (Lipinski definition) is 1. The van der Waals surface area contributed by atoms with Gasteiger partial charge in [-0.2, -0.15) is 0 Å². The van der Waals surface area contributed by atoms with Crippen molar-refractivity contribution in [1.29, 1.82) is 0 Å². The van der Waals surface area contributed by atoms with E-state index in [9.17, 15) is 14.4 Å². The lowest BCUT2D eigenvalue weighted by Crippen LogP contribution is -2.77. The molecule has 0 saturated carbocycles. The maximum Gasteiger partial charge on any atom is 0.334 e. The first kappa shape index (κ1) is 25.0. The molecule has 2 fully saturated rings. The van der Waals surface area contributed by atoms with Gasteiger partial charge in [0.1, 0.15) is 12.2 Å². The van der Waals surface area contributed by atoms with Gasteiger partial charge in [0, 0.05) is 19.1 Å². The topological polar surface area (TPSA) is 76.2 Å². The summed E-state index contributed by atoms with van der Waals surface area (Å²) in [6.45, 7) is 11.5. The summed E-state index contributed by atoms with van der Waals surface area (Å²) < 4.78 is 0. The Balaban J connectivity index is 1.95. The number of carbonyl (C=O) groups is 3. The second-order valence-corrected chi connectivity index (χ2v) is 9.04. The van der Waals surface area contributed by atoms with E-state index in [1.807, 2.05) is 56.0 Å². The molecule has 2 saturated heterocycles. The summed E-state index contributed by atoms with van der Waals surface area (Å²) in [4.78, 5) is 44.0. The monoisotopic (exact) mass is 457 g/mol. The molecule has 0 spiro atoms. The molecule has 1 aromatic carbocycles. The summed E-state index contributed by atoms with van der Waals surface area (Å²) in [5.74, 6) is -0.0717. The molecule has 2 aliphatic rings. The number of rotatable bonds is 8. The first-order chi connectivity index (χ1) is 15.9. The van der Waals surface area contributed by atoms with E-state index in [0.29, 0.717) is 19.6 Å². The molecule has 8 heteroatoms. The lowest BCUT2D eigenvalue weighted by Gasteiger charge is -2.57. The van der Waals surface area contributed by atoms with E-state index in [-0.39, 0.29) is 36.3 Å². The van der Waals surface area contributed by atoms with Crippen molar-refractivity contribution in [2.75, 3.05) is 19.6 Å². The molecular weight excluding hydrogens is 418 g/mol. The standard InChI is InChI=1S/C25H39N5O3/c1-6-18(5)23-24(32)28(20(7-2)8-3)16-21-29(23)22(31)17-27(9-4)30(21)25(33)26-15-19-13-11-10-12-14-19/h10-14,18,20-21,23H,6-9,15-17H2,1-5H3,(H,26,33)/t18?,21-,23-/m0/s1. The van der Waals surface area contributed by atoms with Crippen molar-refractivity contribution in [2.45, 2.75) is 78.7 Å². The number of benzene rings is 1. The molecule has 2 aliphatic heterocycles. The highest BCUT2D eigenvalue weighted by Crippen LogP contribution is 2.32. The van der Waals surface area contributed by atoms with Crippen molar-refractivity contribution in [1.82, 2.24) is 25.1 Å². The third-order valence-corrected chi connectivity index (χ3v) is 7.14. The summed E-state index contributed by atoms with van der Waals surface area (Å²) >= 11 is 0. The van der Waals surface area contributed by atoms with Gasteiger partial charge in [-0.25, -0.2) is 14.8 Å². The Kier molecular flexibility index (Phi) is 8.35. The highest BCUT2D eigenvalue weighted by molar-refractivity contribution is 5.91. The highest BCUT2D eigenvalue weighted by Gasteiger charge is 2.53. The van der Waals surface area contributed by atoms with E-state index in [0.717, 1.165) is 24.8 Å². The number of nitrogens with one attached hydrogen (secondary N) is 1. The molecule has 0 radical (unpaired) electrons. The van der Waals surface area contributed by atoms with Gasteiger partial charge in [-0.15, -0.1) is 0 Å². The van der Waals surface area contributed by atoms with E-state index in [1.165, 1.54) is 0 Å². The number of likely N-dealkylation sites (N-methyl/N-ethyl adjacent to an activating group) is 1. The molecule has 0 aromatic heterocycles. The van der Waals surface area contributed by atoms with Crippen molar-refractivity contribution in [2.24, 2.45) is 5.92 Å². The minimum atomic E-state index is -0.551. The summed E-state index contributed by atoms with van der Waals surface area (Å²) in [6, 6.07) is 9.06. The Morgan fingerprint density at radius 3 is 2.30 bits per heavy atom. The molecule has 3 atom stereocenters. The van der Waals surface area contributed by atoms with Crippen molar-refractivity contribution in [3.05, 3.63) is 35.9 Å². The first-order valence-corrected chi connectivity index (χ1v) is 12.3. The average molecular weight is 458 g/mol. The van der Waals surface area contributed by atoms with Crippen LogP contribution in [0.1, 0.15) is 59.4 Å². The number of amides is 4. The van der Waals surface area contributed by atoms with Gasteiger partial charge in [0.05, 0.1) is 13.1 Å². The molecule has 3 rings (SSSR count). The summed E-state index contributed by atoms with van der Waals surface area (Å²) in [6.07, 6.45) is 1.95. The molecule has 8 nitrogen and oxygen atoms in total. The number of hydrazine groups is 1. The summed E-state index contributed by atoms with van der Waals surface area (Å²) in [5.41, 5.74) is 1.01. The van der Waals surface area contributed by atoms with Crippen LogP contribution in [0, 0.1) is 5.92 Å².